The lowest BCUT2D eigenvalue weighted by Crippen LogP contribution is -2.51. The molecule has 15 heteroatoms. The summed E-state index contributed by atoms with van der Waals surface area (Å²) in [4.78, 5) is 76.0. The molecule has 4 N–H and O–H groups in total. The number of amides is 4. The number of carbonyl (C=O) groups excluding carboxylic acids is 3. The van der Waals surface area contributed by atoms with Crippen LogP contribution in [0.15, 0.2) is 85.2 Å². The third-order valence-electron chi connectivity index (χ3n) is 14.9. The van der Waals surface area contributed by atoms with Crippen molar-refractivity contribution in [2.24, 2.45) is 17.8 Å². The summed E-state index contributed by atoms with van der Waals surface area (Å²) in [6, 6.07) is 25.7. The standard InChI is InChI=1S/C55H71N9O6/c1-33(2)41(30-58-53(67)68)51(65)62-28-10-12-46(62)49-56-31-42(59-49)35-14-18-37(19-15-35)44-26-27-45(64(44)40-24-22-39(23-25-40)55(5,6)7)38-20-16-36(17-21-38)43-32-57-50(60-43)47-13-11-29-63(47)52(66)48(34(3)4)61(8)54(69)70-9/h14-25,31-34,41,44-48,58H,10-13,26-30H2,1-9H3,(H,56,59)(H,57,60)(H,67,68)/t41-,44-,45-,46+,47+,48+/m1/s1. The minimum atomic E-state index is -1.13. The number of ether oxygens (including phenoxy) is 1. The topological polar surface area (TPSA) is 180 Å². The average Bonchev–Trinajstić information content (AvgIpc) is 4.20. The second-order valence-electron chi connectivity index (χ2n) is 21.1. The van der Waals surface area contributed by atoms with E-state index in [0.717, 1.165) is 72.7 Å². The van der Waals surface area contributed by atoms with Gasteiger partial charge in [0.25, 0.3) is 0 Å². The van der Waals surface area contributed by atoms with E-state index in [2.05, 4.69) is 114 Å². The molecule has 2 aromatic heterocycles. The first-order valence-corrected chi connectivity index (χ1v) is 25.0. The van der Waals surface area contributed by atoms with E-state index in [1.165, 1.54) is 34.4 Å². The van der Waals surface area contributed by atoms with Gasteiger partial charge in [0.2, 0.25) is 11.8 Å². The number of H-pyrrole nitrogens is 2. The van der Waals surface area contributed by atoms with E-state index >= 15 is 0 Å². The SMILES string of the molecule is COC(=O)N(C)[C@H](C(=O)N1CCC[C@H]1c1nc(-c2ccc([C@H]3CC[C@H](c4ccc(-c5c[nH]c([C@@H]6CCCN6C(=O)[C@H](CNC(=O)O)C(C)C)n5)cc4)N3c3ccc(C(C)(C)C)cc3)cc2)c[nH]1)C(C)C. The number of aromatic nitrogens is 4. The predicted octanol–water partition coefficient (Wildman–Crippen LogP) is 10.4. The van der Waals surface area contributed by atoms with Crippen LogP contribution in [-0.4, -0.2) is 104 Å². The van der Waals surface area contributed by atoms with Crippen LogP contribution < -0.4 is 10.2 Å². The van der Waals surface area contributed by atoms with Gasteiger partial charge in [0.1, 0.15) is 17.7 Å². The Morgan fingerprint density at radius 2 is 1.20 bits per heavy atom. The molecule has 0 radical (unpaired) electrons. The molecule has 3 saturated heterocycles. The second-order valence-corrected chi connectivity index (χ2v) is 21.1. The van der Waals surface area contributed by atoms with Gasteiger partial charge in [-0.2, -0.15) is 0 Å². The number of likely N-dealkylation sites (N-methyl/N-ethyl adjacent to an activating group) is 1. The van der Waals surface area contributed by atoms with E-state index in [9.17, 15) is 24.3 Å². The molecule has 70 heavy (non-hydrogen) atoms. The summed E-state index contributed by atoms with van der Waals surface area (Å²) in [6.07, 6.45) is 7.39. The number of benzene rings is 3. The van der Waals surface area contributed by atoms with Crippen LogP contribution in [0.4, 0.5) is 15.3 Å². The maximum Gasteiger partial charge on any atom is 0.409 e. The summed E-state index contributed by atoms with van der Waals surface area (Å²) in [5, 5.41) is 11.6. The van der Waals surface area contributed by atoms with Crippen LogP contribution in [0, 0.1) is 17.8 Å². The van der Waals surface area contributed by atoms with Crippen molar-refractivity contribution in [2.45, 2.75) is 123 Å². The molecule has 8 rings (SSSR count). The number of rotatable bonds is 14. The van der Waals surface area contributed by atoms with Gasteiger partial charge in [-0.1, -0.05) is 109 Å². The van der Waals surface area contributed by atoms with E-state index < -0.39 is 24.1 Å². The van der Waals surface area contributed by atoms with Crippen molar-refractivity contribution in [3.05, 3.63) is 114 Å². The van der Waals surface area contributed by atoms with Crippen molar-refractivity contribution < 1.29 is 29.0 Å². The summed E-state index contributed by atoms with van der Waals surface area (Å²) >= 11 is 0. The van der Waals surface area contributed by atoms with Gasteiger partial charge in [-0.25, -0.2) is 19.6 Å². The number of aromatic amines is 2. The molecule has 372 valence electrons. The number of imidazole rings is 2. The first kappa shape index (κ1) is 49.8. The van der Waals surface area contributed by atoms with Crippen LogP contribution in [0.2, 0.25) is 0 Å². The zero-order valence-electron chi connectivity index (χ0n) is 42.2. The number of hydrogen-bond donors (Lipinski definition) is 4. The van der Waals surface area contributed by atoms with Gasteiger partial charge in [0, 0.05) is 55.9 Å². The molecule has 5 heterocycles. The van der Waals surface area contributed by atoms with E-state index in [4.69, 9.17) is 14.7 Å². The van der Waals surface area contributed by atoms with Crippen LogP contribution in [0.25, 0.3) is 22.5 Å². The fourth-order valence-corrected chi connectivity index (χ4v) is 11.0. The Labute approximate surface area is 412 Å². The normalized spacial score (nSPS) is 20.3. The summed E-state index contributed by atoms with van der Waals surface area (Å²) < 4.78 is 4.96. The smallest absolute Gasteiger partial charge is 0.409 e. The van der Waals surface area contributed by atoms with Crippen molar-refractivity contribution in [1.29, 1.82) is 0 Å². The quantitative estimate of drug-likeness (QED) is 0.0843. The minimum Gasteiger partial charge on any atom is -0.465 e. The van der Waals surface area contributed by atoms with Crippen LogP contribution in [0.3, 0.4) is 0 Å². The number of hydrogen-bond acceptors (Lipinski definition) is 8. The fourth-order valence-electron chi connectivity index (χ4n) is 11.0. The molecule has 3 aliphatic rings. The Morgan fingerprint density at radius 3 is 1.63 bits per heavy atom. The molecule has 3 aromatic carbocycles. The second kappa shape index (κ2) is 20.8. The maximum absolute atomic E-state index is 14.0. The monoisotopic (exact) mass is 954 g/mol. The van der Waals surface area contributed by atoms with Crippen molar-refractivity contribution in [1.82, 2.24) is 40.0 Å². The number of methoxy groups -OCH3 is 1. The average molecular weight is 954 g/mol. The Kier molecular flexibility index (Phi) is 14.8. The molecule has 0 saturated carbocycles. The van der Waals surface area contributed by atoms with E-state index in [0.29, 0.717) is 13.1 Å². The van der Waals surface area contributed by atoms with Gasteiger partial charge < -0.3 is 39.8 Å². The molecule has 0 aliphatic carbocycles. The number of nitrogens with zero attached hydrogens (tertiary/aromatic N) is 6. The van der Waals surface area contributed by atoms with E-state index in [1.54, 1.807) is 7.05 Å². The summed E-state index contributed by atoms with van der Waals surface area (Å²) in [6.45, 7) is 15.8. The van der Waals surface area contributed by atoms with Crippen LogP contribution in [-0.2, 0) is 19.7 Å². The molecule has 4 amide bonds. The van der Waals surface area contributed by atoms with Gasteiger partial charge in [0.05, 0.1) is 48.6 Å². The van der Waals surface area contributed by atoms with Crippen LogP contribution in [0.5, 0.6) is 0 Å². The first-order valence-electron chi connectivity index (χ1n) is 25.0. The third kappa shape index (κ3) is 10.3. The highest BCUT2D eigenvalue weighted by Crippen LogP contribution is 2.48. The molecule has 6 atom stereocenters. The molecule has 0 unspecified atom stereocenters. The van der Waals surface area contributed by atoms with Gasteiger partial charge in [-0.3, -0.25) is 14.5 Å². The molecule has 0 bridgehead atoms. The number of anilines is 1. The molecule has 3 fully saturated rings. The van der Waals surface area contributed by atoms with Gasteiger partial charge >= 0.3 is 12.2 Å². The summed E-state index contributed by atoms with van der Waals surface area (Å²) in [5.41, 5.74) is 8.53. The molecule has 15 nitrogen and oxygen atoms in total. The highest BCUT2D eigenvalue weighted by Gasteiger charge is 2.41. The van der Waals surface area contributed by atoms with E-state index in [1.807, 2.05) is 49.9 Å². The predicted molar refractivity (Wildman–Crippen MR) is 271 cm³/mol. The Hall–Kier alpha value is -6.64. The number of carbonyl (C=O) groups is 4. The Balaban J connectivity index is 1.00. The maximum atomic E-state index is 14.0. The molecular weight excluding hydrogens is 883 g/mol. The lowest BCUT2D eigenvalue weighted by atomic mass is 9.87. The number of likely N-dealkylation sites (tertiary alicyclic amines) is 2. The fraction of sp³-hybridized carbons (Fsp3) is 0.491. The number of carboxylic acid groups (broad SMARTS) is 1. The van der Waals surface area contributed by atoms with Crippen LogP contribution in [0.1, 0.15) is 139 Å². The third-order valence-corrected chi connectivity index (χ3v) is 14.9. The van der Waals surface area contributed by atoms with Gasteiger partial charge in [-0.05, 0) is 84.6 Å². The Bertz CT molecular complexity index is 2620. The molecule has 5 aromatic rings. The lowest BCUT2D eigenvalue weighted by molar-refractivity contribution is -0.139. The first-order chi connectivity index (χ1) is 33.4. The zero-order chi connectivity index (χ0) is 50.0. The number of nitrogens with one attached hydrogen (secondary N) is 3. The zero-order valence-corrected chi connectivity index (χ0v) is 42.2. The highest BCUT2D eigenvalue weighted by molar-refractivity contribution is 5.86. The van der Waals surface area contributed by atoms with Crippen molar-refractivity contribution in [3.8, 4) is 22.5 Å². The molecule has 0 spiro atoms. The van der Waals surface area contributed by atoms with E-state index in [-0.39, 0.29) is 59.8 Å². The van der Waals surface area contributed by atoms with Crippen molar-refractivity contribution in [2.75, 3.05) is 38.7 Å². The molecule has 3 aliphatic heterocycles. The summed E-state index contributed by atoms with van der Waals surface area (Å²) in [7, 11) is 2.95. The highest BCUT2D eigenvalue weighted by atomic mass is 16.5. The van der Waals surface area contributed by atoms with Gasteiger partial charge in [-0.15, -0.1) is 0 Å². The summed E-state index contributed by atoms with van der Waals surface area (Å²) in [5.74, 6) is 0.765. The van der Waals surface area contributed by atoms with Crippen molar-refractivity contribution in [3.63, 3.8) is 0 Å². The largest absolute Gasteiger partial charge is 0.465 e. The minimum absolute atomic E-state index is 0.0212. The van der Waals surface area contributed by atoms with Crippen LogP contribution >= 0.6 is 0 Å². The lowest BCUT2D eigenvalue weighted by Gasteiger charge is -2.34. The Morgan fingerprint density at radius 1 is 0.714 bits per heavy atom. The van der Waals surface area contributed by atoms with Crippen molar-refractivity contribution >= 4 is 29.7 Å². The van der Waals surface area contributed by atoms with Gasteiger partial charge in [0.15, 0.2) is 0 Å². The molecular formula is C55H71N9O6.